The minimum atomic E-state index is -0.420. The first-order chi connectivity index (χ1) is 22.9. The molecular formula is C44H53IrN2O2-. The zero-order valence-electron chi connectivity index (χ0n) is 30.6. The summed E-state index contributed by atoms with van der Waals surface area (Å²) in [5.41, 5.74) is 3.90. The second-order valence-electron chi connectivity index (χ2n) is 15.2. The summed E-state index contributed by atoms with van der Waals surface area (Å²) in [7, 11) is 0. The van der Waals surface area contributed by atoms with Crippen molar-refractivity contribution in [2.75, 3.05) is 0 Å². The molecule has 5 aromatic rings. The fraction of sp³-hybridized carbons (Fsp3) is 0.432. The molecule has 1 aromatic heterocycles. The van der Waals surface area contributed by atoms with Crippen LogP contribution < -0.4 is 0 Å². The molecule has 0 atom stereocenters. The summed E-state index contributed by atoms with van der Waals surface area (Å²) in [6, 6.07) is 27.7. The van der Waals surface area contributed by atoms with E-state index in [9.17, 15) is 9.90 Å². The van der Waals surface area contributed by atoms with E-state index in [4.69, 9.17) is 9.97 Å². The Bertz CT molecular complexity index is 1940. The number of carbonyl (C=O) groups excluding carboxylic acids is 1. The van der Waals surface area contributed by atoms with E-state index in [-0.39, 0.29) is 43.0 Å². The predicted molar refractivity (Wildman–Crippen MR) is 203 cm³/mol. The van der Waals surface area contributed by atoms with E-state index in [1.165, 1.54) is 65.3 Å². The van der Waals surface area contributed by atoms with Crippen molar-refractivity contribution in [2.24, 2.45) is 10.8 Å². The summed E-state index contributed by atoms with van der Waals surface area (Å²) in [4.78, 5) is 21.9. The average molecular weight is 834 g/mol. The summed E-state index contributed by atoms with van der Waals surface area (Å²) < 4.78 is 0. The normalized spacial score (nSPS) is 14.5. The molecule has 0 amide bonds. The van der Waals surface area contributed by atoms with Crippen molar-refractivity contribution in [2.45, 2.75) is 112 Å². The molecule has 0 bridgehead atoms. The largest absolute Gasteiger partial charge is 0.512 e. The van der Waals surface area contributed by atoms with Gasteiger partial charge in [-0.2, -0.15) is 0 Å². The van der Waals surface area contributed by atoms with E-state index in [1.54, 1.807) is 0 Å². The van der Waals surface area contributed by atoms with Gasteiger partial charge in [0.2, 0.25) is 0 Å². The first-order valence-corrected chi connectivity index (χ1v) is 18.0. The molecule has 1 N–H and O–H groups in total. The summed E-state index contributed by atoms with van der Waals surface area (Å²) in [5.74, 6) is 2.00. The van der Waals surface area contributed by atoms with Crippen LogP contribution in [0.25, 0.3) is 43.7 Å². The SMILES string of the molecule is CC(C)c1nc(-c2[c-]ccc(C3CCCCC3)c2)c2ccc3ccc4ccccc4c3c2n1.CCC(C)(CC)/C(O)=C/C(=O)C(C)(C)C.[Ir]. The van der Waals surface area contributed by atoms with E-state index in [2.05, 4.69) is 86.6 Å². The van der Waals surface area contributed by atoms with Crippen LogP contribution in [0.15, 0.2) is 78.6 Å². The number of benzene rings is 4. The van der Waals surface area contributed by atoms with Gasteiger partial charge in [-0.05, 0) is 58.8 Å². The van der Waals surface area contributed by atoms with Crippen molar-refractivity contribution < 1.29 is 30.0 Å². The number of ketones is 1. The Hall–Kier alpha value is -3.40. The third-order valence-electron chi connectivity index (χ3n) is 10.5. The van der Waals surface area contributed by atoms with Gasteiger partial charge in [0, 0.05) is 48.3 Å². The molecule has 0 saturated heterocycles. The molecular weight excluding hydrogens is 781 g/mol. The van der Waals surface area contributed by atoms with Gasteiger partial charge in [-0.3, -0.25) is 9.78 Å². The first-order valence-electron chi connectivity index (χ1n) is 18.0. The third kappa shape index (κ3) is 8.50. The van der Waals surface area contributed by atoms with Gasteiger partial charge >= 0.3 is 0 Å². The zero-order valence-corrected chi connectivity index (χ0v) is 33.0. The maximum atomic E-state index is 11.7. The third-order valence-corrected chi connectivity index (χ3v) is 10.5. The fourth-order valence-corrected chi connectivity index (χ4v) is 6.60. The van der Waals surface area contributed by atoms with Crippen LogP contribution in [-0.4, -0.2) is 20.9 Å². The molecule has 261 valence electrons. The second kappa shape index (κ2) is 16.1. The summed E-state index contributed by atoms with van der Waals surface area (Å²) >= 11 is 0. The summed E-state index contributed by atoms with van der Waals surface area (Å²) in [5, 5.41) is 16.0. The second-order valence-corrected chi connectivity index (χ2v) is 15.2. The van der Waals surface area contributed by atoms with Crippen LogP contribution in [-0.2, 0) is 24.9 Å². The predicted octanol–water partition coefficient (Wildman–Crippen LogP) is 12.4. The molecule has 1 aliphatic rings. The zero-order chi connectivity index (χ0) is 34.6. The van der Waals surface area contributed by atoms with Crippen LogP contribution in [0.4, 0.5) is 0 Å². The van der Waals surface area contributed by atoms with E-state index in [1.807, 2.05) is 41.5 Å². The minimum Gasteiger partial charge on any atom is -0.512 e. The van der Waals surface area contributed by atoms with E-state index in [0.717, 1.165) is 40.8 Å². The Labute approximate surface area is 307 Å². The molecule has 0 aliphatic heterocycles. The van der Waals surface area contributed by atoms with Crippen LogP contribution in [0.5, 0.6) is 0 Å². The van der Waals surface area contributed by atoms with Gasteiger partial charge in [-0.1, -0.05) is 123 Å². The number of allylic oxidation sites excluding steroid dienone is 2. The topological polar surface area (TPSA) is 63.1 Å². The molecule has 1 saturated carbocycles. The minimum absolute atomic E-state index is 0. The van der Waals surface area contributed by atoms with E-state index < -0.39 is 5.41 Å². The van der Waals surface area contributed by atoms with Crippen molar-refractivity contribution in [3.63, 3.8) is 0 Å². The van der Waals surface area contributed by atoms with Crippen molar-refractivity contribution in [3.8, 4) is 11.3 Å². The van der Waals surface area contributed by atoms with Crippen molar-refractivity contribution in [1.29, 1.82) is 0 Å². The number of hydrogen-bond donors (Lipinski definition) is 1. The Morgan fingerprint density at radius 2 is 1.55 bits per heavy atom. The number of rotatable bonds is 7. The van der Waals surface area contributed by atoms with Gasteiger partial charge < -0.3 is 5.11 Å². The Morgan fingerprint density at radius 3 is 2.20 bits per heavy atom. The number of aromatic nitrogens is 2. The monoisotopic (exact) mass is 834 g/mol. The number of aliphatic hydroxyl groups excluding tert-OH is 1. The smallest absolute Gasteiger partial charge is 0.164 e. The molecule has 0 unspecified atom stereocenters. The molecule has 1 fully saturated rings. The Morgan fingerprint density at radius 1 is 0.898 bits per heavy atom. The van der Waals surface area contributed by atoms with Gasteiger partial charge in [0.15, 0.2) is 5.78 Å². The molecule has 49 heavy (non-hydrogen) atoms. The van der Waals surface area contributed by atoms with Crippen LogP contribution in [0.2, 0.25) is 0 Å². The van der Waals surface area contributed by atoms with Crippen LogP contribution in [0, 0.1) is 16.9 Å². The number of carbonyl (C=O) groups is 1. The number of aliphatic hydroxyl groups is 1. The van der Waals surface area contributed by atoms with Gasteiger partial charge in [-0.25, -0.2) is 4.98 Å². The quantitative estimate of drug-likeness (QED) is 0.0768. The standard InChI is InChI=1S/C31H29N2.C13H24O2.Ir/c1-20(2)31-32-29(25-13-8-12-24(19-25)21-9-4-3-5-10-21)27-18-17-23-16-15-22-11-6-7-14-26(22)28(23)30(27)33-31;1-7-13(6,8-2)11(15)9-10(14)12(3,4)5;/h6-8,11-12,14-21H,3-5,9-10H2,1-2H3;9,15H,7-8H2,1-6H3;/q-1;;/b;11-9-;. The Kier molecular flexibility index (Phi) is 12.6. The molecule has 4 nitrogen and oxygen atoms in total. The molecule has 4 aromatic carbocycles. The number of nitrogens with zero attached hydrogens (tertiary/aromatic N) is 2. The average Bonchev–Trinajstić information content (AvgIpc) is 3.10. The molecule has 1 radical (unpaired) electrons. The van der Waals surface area contributed by atoms with Gasteiger partial charge in [-0.15, -0.1) is 35.4 Å². The summed E-state index contributed by atoms with van der Waals surface area (Å²) in [6.45, 7) is 15.9. The first kappa shape index (κ1) is 38.4. The molecule has 5 heteroatoms. The van der Waals surface area contributed by atoms with Crippen LogP contribution in [0.3, 0.4) is 0 Å². The van der Waals surface area contributed by atoms with Crippen LogP contribution in [0.1, 0.15) is 124 Å². The van der Waals surface area contributed by atoms with Crippen molar-refractivity contribution >= 4 is 38.2 Å². The van der Waals surface area contributed by atoms with Gasteiger partial charge in [0.05, 0.1) is 5.52 Å². The van der Waals surface area contributed by atoms with Crippen molar-refractivity contribution in [1.82, 2.24) is 9.97 Å². The Balaban J connectivity index is 0.000000290. The van der Waals surface area contributed by atoms with E-state index in [0.29, 0.717) is 5.92 Å². The molecule has 6 rings (SSSR count). The molecule has 1 aliphatic carbocycles. The van der Waals surface area contributed by atoms with Gasteiger partial charge in [0.1, 0.15) is 11.6 Å². The van der Waals surface area contributed by atoms with Crippen molar-refractivity contribution in [3.05, 3.63) is 96.0 Å². The molecule has 1 heterocycles. The summed E-state index contributed by atoms with van der Waals surface area (Å²) in [6.07, 6.45) is 9.71. The van der Waals surface area contributed by atoms with Gasteiger partial charge in [0.25, 0.3) is 0 Å². The number of hydrogen-bond acceptors (Lipinski definition) is 4. The van der Waals surface area contributed by atoms with Crippen LogP contribution >= 0.6 is 0 Å². The fourth-order valence-electron chi connectivity index (χ4n) is 6.60. The maximum Gasteiger partial charge on any atom is 0.164 e. The van der Waals surface area contributed by atoms with E-state index >= 15 is 0 Å². The maximum absolute atomic E-state index is 11.7. The number of fused-ring (bicyclic) bond motifs is 5. The molecule has 0 spiro atoms.